The number of halogens is 3. The van der Waals surface area contributed by atoms with Crippen LogP contribution < -0.4 is 5.32 Å². The highest BCUT2D eigenvalue weighted by atomic mass is 19.2. The monoisotopic (exact) mass is 344 g/mol. The molecule has 1 N–H and O–H groups in total. The van der Waals surface area contributed by atoms with Crippen LogP contribution in [0.1, 0.15) is 11.6 Å². The highest BCUT2D eigenvalue weighted by Crippen LogP contribution is 2.33. The van der Waals surface area contributed by atoms with Crippen molar-refractivity contribution >= 4 is 12.0 Å². The molecule has 0 aromatic heterocycles. The second kappa shape index (κ2) is 7.35. The largest absolute Gasteiger partial charge is 0.468 e. The molecule has 0 spiro atoms. The molecule has 0 saturated heterocycles. The number of hydrogen-bond acceptors (Lipinski definition) is 6. The molecular formula is C15H15F3N2O4. The number of hydrogen-bond donors (Lipinski definition) is 1. The normalized spacial score (nSPS) is 17.2. The van der Waals surface area contributed by atoms with Crippen LogP contribution in [0.4, 0.5) is 13.2 Å². The Kier molecular flexibility index (Phi) is 5.45. The third-order valence-electron chi connectivity index (χ3n) is 3.35. The van der Waals surface area contributed by atoms with Crippen molar-refractivity contribution in [1.29, 1.82) is 0 Å². The summed E-state index contributed by atoms with van der Waals surface area (Å²) in [4.78, 5) is 16.1. The number of nitrogens with one attached hydrogen (secondary N) is 1. The molecule has 1 aliphatic rings. The van der Waals surface area contributed by atoms with Gasteiger partial charge < -0.3 is 19.5 Å². The summed E-state index contributed by atoms with van der Waals surface area (Å²) in [6.07, 6.45) is 0. The third kappa shape index (κ3) is 3.21. The van der Waals surface area contributed by atoms with Crippen molar-refractivity contribution in [3.63, 3.8) is 0 Å². The lowest BCUT2D eigenvalue weighted by Crippen LogP contribution is -2.38. The molecule has 1 unspecified atom stereocenters. The molecule has 0 aliphatic carbocycles. The predicted octanol–water partition coefficient (Wildman–Crippen LogP) is 1.82. The smallest absolute Gasteiger partial charge is 0.338 e. The van der Waals surface area contributed by atoms with Crippen molar-refractivity contribution in [2.45, 2.75) is 6.04 Å². The predicted molar refractivity (Wildman–Crippen MR) is 77.6 cm³/mol. The van der Waals surface area contributed by atoms with E-state index in [9.17, 15) is 18.0 Å². The number of carbonyl (C=O) groups is 1. The second-order valence-corrected chi connectivity index (χ2v) is 4.74. The summed E-state index contributed by atoms with van der Waals surface area (Å²) in [5.41, 5.74) is -0.843. The van der Waals surface area contributed by atoms with Crippen LogP contribution in [0.25, 0.3) is 0 Å². The molecule has 0 bridgehead atoms. The van der Waals surface area contributed by atoms with Gasteiger partial charge in [-0.2, -0.15) is 4.99 Å². The standard InChI is InChI=1S/C15H15F3N2O4/c1-22-6-9-11(14(21)23-2)13(20-15(19-9)24-3)10-7(16)4-5-8(17)12(10)18/h4-5,13H,6H2,1-3H3,(H,19,20). The van der Waals surface area contributed by atoms with Crippen molar-refractivity contribution < 1.29 is 32.2 Å². The van der Waals surface area contributed by atoms with Crippen molar-refractivity contribution in [2.24, 2.45) is 4.99 Å². The average Bonchev–Trinajstić information content (AvgIpc) is 2.58. The molecule has 1 aromatic rings. The van der Waals surface area contributed by atoms with Crippen molar-refractivity contribution in [3.8, 4) is 0 Å². The van der Waals surface area contributed by atoms with Gasteiger partial charge in [0, 0.05) is 7.11 Å². The van der Waals surface area contributed by atoms with Gasteiger partial charge in [-0.15, -0.1) is 0 Å². The van der Waals surface area contributed by atoms with E-state index in [1.165, 1.54) is 14.2 Å². The number of nitrogens with zero attached hydrogens (tertiary/aromatic N) is 1. The van der Waals surface area contributed by atoms with Crippen LogP contribution >= 0.6 is 0 Å². The lowest BCUT2D eigenvalue weighted by molar-refractivity contribution is -0.136. The molecular weight excluding hydrogens is 329 g/mol. The number of ether oxygens (including phenoxy) is 3. The number of amidine groups is 1. The summed E-state index contributed by atoms with van der Waals surface area (Å²) in [6.45, 7) is -0.145. The molecule has 0 saturated carbocycles. The van der Waals surface area contributed by atoms with Crippen LogP contribution in [0.3, 0.4) is 0 Å². The fourth-order valence-corrected chi connectivity index (χ4v) is 2.30. The van der Waals surface area contributed by atoms with Crippen LogP contribution in [0.2, 0.25) is 0 Å². The SMILES string of the molecule is COCC1=C(C(=O)OC)C(c2c(F)ccc(F)c2F)NC(OC)=N1. The molecule has 1 aromatic carbocycles. The lowest BCUT2D eigenvalue weighted by Gasteiger charge is -2.27. The molecule has 1 atom stereocenters. The first kappa shape index (κ1) is 17.8. The molecule has 9 heteroatoms. The first-order valence-electron chi connectivity index (χ1n) is 6.77. The Bertz CT molecular complexity index is 719. The minimum absolute atomic E-state index is 0.0491. The van der Waals surface area contributed by atoms with Crippen LogP contribution in [0.15, 0.2) is 28.4 Å². The molecule has 6 nitrogen and oxygen atoms in total. The number of aliphatic imine (C=N–C) groups is 1. The Hall–Kier alpha value is -2.55. The van der Waals surface area contributed by atoms with Gasteiger partial charge in [0.25, 0.3) is 6.02 Å². The highest BCUT2D eigenvalue weighted by Gasteiger charge is 2.36. The zero-order valence-corrected chi connectivity index (χ0v) is 13.2. The number of carbonyl (C=O) groups excluding carboxylic acids is 1. The summed E-state index contributed by atoms with van der Waals surface area (Å²) < 4.78 is 56.5. The van der Waals surface area contributed by atoms with E-state index in [-0.39, 0.29) is 23.9 Å². The van der Waals surface area contributed by atoms with Gasteiger partial charge >= 0.3 is 5.97 Å². The quantitative estimate of drug-likeness (QED) is 0.667. The van der Waals surface area contributed by atoms with Gasteiger partial charge in [-0.25, -0.2) is 18.0 Å². The van der Waals surface area contributed by atoms with Crippen LogP contribution in [0, 0.1) is 17.5 Å². The maximum absolute atomic E-state index is 14.2. The van der Waals surface area contributed by atoms with E-state index >= 15 is 0 Å². The van der Waals surface area contributed by atoms with E-state index in [2.05, 4.69) is 15.0 Å². The summed E-state index contributed by atoms with van der Waals surface area (Å²) in [7, 11) is 3.73. The van der Waals surface area contributed by atoms with Crippen molar-refractivity contribution in [2.75, 3.05) is 27.9 Å². The van der Waals surface area contributed by atoms with E-state index in [1.54, 1.807) is 0 Å². The number of rotatable bonds is 4. The zero-order chi connectivity index (χ0) is 17.9. The first-order valence-corrected chi connectivity index (χ1v) is 6.77. The summed E-state index contributed by atoms with van der Waals surface area (Å²) >= 11 is 0. The molecule has 130 valence electrons. The molecule has 1 aliphatic heterocycles. The molecule has 1 heterocycles. The minimum atomic E-state index is -1.43. The Morgan fingerprint density at radius 1 is 1.21 bits per heavy atom. The van der Waals surface area contributed by atoms with Crippen LogP contribution in [-0.2, 0) is 19.0 Å². The Balaban J connectivity index is 2.69. The number of methoxy groups -OCH3 is 3. The van der Waals surface area contributed by atoms with Gasteiger partial charge in [0.15, 0.2) is 11.6 Å². The third-order valence-corrected chi connectivity index (χ3v) is 3.35. The maximum Gasteiger partial charge on any atom is 0.338 e. The van der Waals surface area contributed by atoms with E-state index < -0.39 is 35.0 Å². The highest BCUT2D eigenvalue weighted by molar-refractivity contribution is 5.94. The first-order chi connectivity index (χ1) is 11.4. The molecule has 0 fully saturated rings. The lowest BCUT2D eigenvalue weighted by atomic mass is 9.94. The summed E-state index contributed by atoms with van der Waals surface area (Å²) in [6, 6.07) is -0.0909. The average molecular weight is 344 g/mol. The topological polar surface area (TPSA) is 69.2 Å². The van der Waals surface area contributed by atoms with Gasteiger partial charge in [-0.1, -0.05) is 0 Å². The molecule has 24 heavy (non-hydrogen) atoms. The van der Waals surface area contributed by atoms with Crippen LogP contribution in [-0.4, -0.2) is 39.9 Å². The fourth-order valence-electron chi connectivity index (χ4n) is 2.30. The van der Waals surface area contributed by atoms with Crippen molar-refractivity contribution in [3.05, 3.63) is 46.4 Å². The van der Waals surface area contributed by atoms with E-state index in [0.29, 0.717) is 6.07 Å². The molecule has 2 rings (SSSR count). The fraction of sp³-hybridized carbons (Fsp3) is 0.333. The van der Waals surface area contributed by atoms with Crippen molar-refractivity contribution in [1.82, 2.24) is 5.32 Å². The van der Waals surface area contributed by atoms with E-state index in [0.717, 1.165) is 13.2 Å². The van der Waals surface area contributed by atoms with Crippen LogP contribution in [0.5, 0.6) is 0 Å². The Morgan fingerprint density at radius 2 is 1.88 bits per heavy atom. The molecule has 0 amide bonds. The Labute approximate surface area is 135 Å². The maximum atomic E-state index is 14.2. The van der Waals surface area contributed by atoms with Gasteiger partial charge in [-0.3, -0.25) is 0 Å². The second-order valence-electron chi connectivity index (χ2n) is 4.74. The van der Waals surface area contributed by atoms with Gasteiger partial charge in [0.1, 0.15) is 5.82 Å². The minimum Gasteiger partial charge on any atom is -0.468 e. The van der Waals surface area contributed by atoms with Gasteiger partial charge in [0.2, 0.25) is 0 Å². The van der Waals surface area contributed by atoms with Gasteiger partial charge in [-0.05, 0) is 12.1 Å². The zero-order valence-electron chi connectivity index (χ0n) is 13.2. The van der Waals surface area contributed by atoms with E-state index in [1.807, 2.05) is 0 Å². The summed E-state index contributed by atoms with van der Waals surface area (Å²) in [5, 5.41) is 2.55. The number of benzene rings is 1. The molecule has 0 radical (unpaired) electrons. The van der Waals surface area contributed by atoms with E-state index in [4.69, 9.17) is 9.47 Å². The summed E-state index contributed by atoms with van der Waals surface area (Å²) in [5.74, 6) is -4.61. The van der Waals surface area contributed by atoms with Gasteiger partial charge in [0.05, 0.1) is 43.7 Å². The number of esters is 1. The Morgan fingerprint density at radius 3 is 2.46 bits per heavy atom.